The molecule has 2 aliphatic heterocycles. The van der Waals surface area contributed by atoms with Crippen LogP contribution < -0.4 is 26.3 Å². The number of carbonyl (C=O) groups is 4. The second-order valence-corrected chi connectivity index (χ2v) is 11.8. The van der Waals surface area contributed by atoms with Crippen LogP contribution in [0, 0.1) is 0 Å². The van der Waals surface area contributed by atoms with Crippen LogP contribution in [0.15, 0.2) is 24.8 Å². The minimum atomic E-state index is -1.15. The molecule has 2 fully saturated rings. The summed E-state index contributed by atoms with van der Waals surface area (Å²) >= 11 is 0. The third-order valence-corrected chi connectivity index (χ3v) is 9.45. The Morgan fingerprint density at radius 3 is 2.83 bits per heavy atom. The SMILES string of the molecule is C=CC[N+]1(C)CC[C@]23c4c5ccc(OC(=O)N(C)CCNC(=O)[C@@H](N)CC(N)=O)c4O[C@H]2C(=O)CC[C@@]3(O)[C@H]1C5. The van der Waals surface area contributed by atoms with Gasteiger partial charge in [-0.3, -0.25) is 14.4 Å². The Hall–Kier alpha value is -3.48. The van der Waals surface area contributed by atoms with Crippen LogP contribution in [0.2, 0.25) is 0 Å². The average Bonchev–Trinajstić information content (AvgIpc) is 3.26. The Kier molecular flexibility index (Phi) is 6.92. The van der Waals surface area contributed by atoms with Crippen molar-refractivity contribution in [1.29, 1.82) is 0 Å². The van der Waals surface area contributed by atoms with Crippen LogP contribution >= 0.6 is 0 Å². The summed E-state index contributed by atoms with van der Waals surface area (Å²) in [5.41, 5.74) is 10.4. The third-order valence-electron chi connectivity index (χ3n) is 9.45. The number of nitrogens with one attached hydrogen (secondary N) is 1. The van der Waals surface area contributed by atoms with Crippen LogP contribution in [0.25, 0.3) is 0 Å². The van der Waals surface area contributed by atoms with Crippen molar-refractivity contribution in [3.05, 3.63) is 35.9 Å². The number of nitrogens with two attached hydrogens (primary N) is 2. The van der Waals surface area contributed by atoms with Crippen LogP contribution in [0.1, 0.15) is 36.8 Å². The number of rotatable bonds is 9. The lowest BCUT2D eigenvalue weighted by Crippen LogP contribution is -2.80. The van der Waals surface area contributed by atoms with Gasteiger partial charge >= 0.3 is 6.09 Å². The Balaban J connectivity index is 1.37. The zero-order valence-electron chi connectivity index (χ0n) is 23.0. The van der Waals surface area contributed by atoms with Gasteiger partial charge in [-0.15, -0.1) is 0 Å². The summed E-state index contributed by atoms with van der Waals surface area (Å²) in [7, 11) is 3.66. The van der Waals surface area contributed by atoms with Gasteiger partial charge in [0.25, 0.3) is 0 Å². The van der Waals surface area contributed by atoms with Gasteiger partial charge in [0.15, 0.2) is 23.4 Å². The molecule has 1 aromatic rings. The Morgan fingerprint density at radius 2 is 2.12 bits per heavy atom. The maximum Gasteiger partial charge on any atom is 0.415 e. The van der Waals surface area contributed by atoms with Crippen molar-refractivity contribution in [3.8, 4) is 11.5 Å². The van der Waals surface area contributed by atoms with Crippen molar-refractivity contribution in [2.24, 2.45) is 11.5 Å². The van der Waals surface area contributed by atoms with Gasteiger partial charge in [-0.05, 0) is 24.1 Å². The molecule has 1 spiro atoms. The molecule has 12 nitrogen and oxygen atoms in total. The molecule has 1 saturated carbocycles. The van der Waals surface area contributed by atoms with Gasteiger partial charge in [0, 0.05) is 45.0 Å². The van der Waals surface area contributed by atoms with E-state index in [2.05, 4.69) is 18.9 Å². The lowest BCUT2D eigenvalue weighted by Gasteiger charge is -2.64. The fraction of sp³-hybridized carbons (Fsp3) is 0.571. The van der Waals surface area contributed by atoms with Crippen molar-refractivity contribution < 1.29 is 38.2 Å². The minimum Gasteiger partial charge on any atom is -0.477 e. The number of primary amides is 1. The number of hydrogen-bond acceptors (Lipinski definition) is 8. The van der Waals surface area contributed by atoms with Crippen LogP contribution in [-0.4, -0.2) is 102 Å². The monoisotopic (exact) mass is 556 g/mol. The molecule has 6 N–H and O–H groups in total. The molecule has 216 valence electrons. The molecule has 4 aliphatic rings. The molecule has 12 heteroatoms. The molecule has 2 aliphatic carbocycles. The summed E-state index contributed by atoms with van der Waals surface area (Å²) in [5, 5.41) is 15.0. The third kappa shape index (κ3) is 4.08. The molecule has 0 radical (unpaired) electrons. The molecule has 2 bridgehead atoms. The van der Waals surface area contributed by atoms with Crippen molar-refractivity contribution in [2.75, 3.05) is 40.3 Å². The second kappa shape index (κ2) is 9.86. The van der Waals surface area contributed by atoms with Gasteiger partial charge in [-0.1, -0.05) is 12.6 Å². The lowest BCUT2D eigenvalue weighted by atomic mass is 9.48. The van der Waals surface area contributed by atoms with Crippen molar-refractivity contribution in [2.45, 2.75) is 61.3 Å². The number of piperidine rings is 1. The largest absolute Gasteiger partial charge is 0.477 e. The minimum absolute atomic E-state index is 0.0491. The number of ether oxygens (including phenoxy) is 2. The van der Waals surface area contributed by atoms with E-state index in [0.717, 1.165) is 17.7 Å². The molecular weight excluding hydrogens is 518 g/mol. The number of carbonyl (C=O) groups excluding carboxylic acids is 4. The van der Waals surface area contributed by atoms with E-state index < -0.39 is 41.1 Å². The molecule has 40 heavy (non-hydrogen) atoms. The van der Waals surface area contributed by atoms with E-state index in [4.69, 9.17) is 20.9 Å². The summed E-state index contributed by atoms with van der Waals surface area (Å²) in [4.78, 5) is 50.4. The summed E-state index contributed by atoms with van der Waals surface area (Å²) in [6.07, 6.45) is 1.86. The van der Waals surface area contributed by atoms with Crippen molar-refractivity contribution in [3.63, 3.8) is 0 Å². The fourth-order valence-electron chi connectivity index (χ4n) is 7.46. The summed E-state index contributed by atoms with van der Waals surface area (Å²) in [6.45, 7) is 5.60. The number of ketones is 1. The zero-order chi connectivity index (χ0) is 29.0. The van der Waals surface area contributed by atoms with Crippen molar-refractivity contribution >= 4 is 23.7 Å². The Bertz CT molecular complexity index is 1290. The van der Waals surface area contributed by atoms with Crippen LogP contribution in [0.4, 0.5) is 4.79 Å². The van der Waals surface area contributed by atoms with E-state index in [0.29, 0.717) is 36.0 Å². The maximum atomic E-state index is 13.2. The average molecular weight is 557 g/mol. The van der Waals surface area contributed by atoms with E-state index in [1.807, 2.05) is 12.1 Å². The number of nitrogens with zero attached hydrogens (tertiary/aromatic N) is 2. The van der Waals surface area contributed by atoms with Gasteiger partial charge in [0.05, 0.1) is 38.0 Å². The van der Waals surface area contributed by atoms with Crippen LogP contribution in [0.5, 0.6) is 11.5 Å². The second-order valence-electron chi connectivity index (χ2n) is 11.8. The highest BCUT2D eigenvalue weighted by Gasteiger charge is 2.76. The number of hydrogen-bond donors (Lipinski definition) is 4. The van der Waals surface area contributed by atoms with Crippen LogP contribution in [-0.2, 0) is 26.2 Å². The van der Waals surface area contributed by atoms with Gasteiger partial charge in [-0.2, -0.15) is 0 Å². The van der Waals surface area contributed by atoms with E-state index in [1.165, 1.54) is 11.9 Å². The summed E-state index contributed by atoms with van der Waals surface area (Å²) in [6, 6.07) is 2.40. The fourth-order valence-corrected chi connectivity index (χ4v) is 7.46. The van der Waals surface area contributed by atoms with Gasteiger partial charge < -0.3 is 40.7 Å². The molecular formula is C28H38N5O7+. The zero-order valence-corrected chi connectivity index (χ0v) is 23.0. The van der Waals surface area contributed by atoms with E-state index in [9.17, 15) is 24.3 Å². The highest BCUT2D eigenvalue weighted by Crippen LogP contribution is 2.65. The first kappa shape index (κ1) is 28.1. The number of quaternary nitrogens is 1. The van der Waals surface area contributed by atoms with Crippen LogP contribution in [0.3, 0.4) is 0 Å². The first-order valence-corrected chi connectivity index (χ1v) is 13.7. The van der Waals surface area contributed by atoms with Gasteiger partial charge in [0.2, 0.25) is 11.8 Å². The number of likely N-dealkylation sites (N-methyl/N-ethyl adjacent to an activating group) is 2. The van der Waals surface area contributed by atoms with Gasteiger partial charge in [-0.25, -0.2) is 4.79 Å². The van der Waals surface area contributed by atoms with Crippen molar-refractivity contribution in [1.82, 2.24) is 10.2 Å². The standard InChI is InChI=1S/C28H37N5O7/c1-4-12-33(3)13-9-27-22-16-5-6-19(23(22)40-24(27)18(34)7-8-28(27,38)20(33)14-16)39-26(37)32(2)11-10-31-25(36)17(29)15-21(30)35/h4-6,17,20,24,38H,1,7-15,29H2,2-3H3,(H2-,30,31,35,36)/p+1/t17-,20+,24-,27-,28+,33?/m0/s1. The predicted molar refractivity (Wildman–Crippen MR) is 143 cm³/mol. The first-order chi connectivity index (χ1) is 18.9. The molecule has 5 rings (SSSR count). The summed E-state index contributed by atoms with van der Waals surface area (Å²) in [5.74, 6) is -0.746. The molecule has 1 unspecified atom stereocenters. The highest BCUT2D eigenvalue weighted by atomic mass is 16.6. The number of Topliss-reactive ketones (excluding diaryl/α,β-unsaturated/α-hetero) is 1. The number of aliphatic hydroxyl groups is 1. The predicted octanol–water partition coefficient (Wildman–Crippen LogP) is -0.510. The van der Waals surface area contributed by atoms with E-state index in [-0.39, 0.29) is 43.5 Å². The van der Waals surface area contributed by atoms with E-state index >= 15 is 0 Å². The summed E-state index contributed by atoms with van der Waals surface area (Å²) < 4.78 is 12.7. The Labute approximate surface area is 232 Å². The highest BCUT2D eigenvalue weighted by molar-refractivity contribution is 5.90. The molecule has 0 aromatic heterocycles. The lowest BCUT2D eigenvalue weighted by molar-refractivity contribution is -0.944. The normalized spacial score (nSPS) is 31.9. The Morgan fingerprint density at radius 1 is 1.38 bits per heavy atom. The molecule has 3 amide bonds. The smallest absolute Gasteiger partial charge is 0.415 e. The first-order valence-electron chi connectivity index (χ1n) is 13.7. The maximum absolute atomic E-state index is 13.2. The number of benzene rings is 1. The number of likely N-dealkylation sites (tertiary alicyclic amines) is 1. The molecule has 1 aromatic carbocycles. The quantitative estimate of drug-likeness (QED) is 0.232. The molecule has 1 saturated heterocycles. The topological polar surface area (TPSA) is 174 Å². The van der Waals surface area contributed by atoms with Gasteiger partial charge in [0.1, 0.15) is 11.6 Å². The number of amides is 3. The van der Waals surface area contributed by atoms with E-state index in [1.54, 1.807) is 6.07 Å². The molecule has 6 atom stereocenters. The molecule has 2 heterocycles.